The normalized spacial score (nSPS) is 14.0. The molecule has 0 unspecified atom stereocenters. The van der Waals surface area contributed by atoms with Gasteiger partial charge in [-0.1, -0.05) is 47.5 Å². The van der Waals surface area contributed by atoms with Crippen LogP contribution in [0.1, 0.15) is 28.8 Å². The zero-order valence-corrected chi connectivity index (χ0v) is 12.9. The maximum Gasteiger partial charge on any atom is 0.254 e. The number of hydrogen-bond donors (Lipinski definition) is 0. The average Bonchev–Trinajstić information content (AvgIpc) is 3.33. The zero-order chi connectivity index (χ0) is 14.8. The molecule has 2 aromatic rings. The van der Waals surface area contributed by atoms with Crippen molar-refractivity contribution in [3.05, 3.63) is 69.7 Å². The van der Waals surface area contributed by atoms with Crippen molar-refractivity contribution in [2.24, 2.45) is 0 Å². The number of carbonyl (C=O) groups is 1. The van der Waals surface area contributed by atoms with E-state index in [1.54, 1.807) is 6.07 Å². The molecule has 0 heterocycles. The molecule has 0 N–H and O–H groups in total. The molecular formula is C17H15Cl2NO. The summed E-state index contributed by atoms with van der Waals surface area (Å²) in [6.07, 6.45) is 2.14. The van der Waals surface area contributed by atoms with Crippen LogP contribution in [-0.2, 0) is 6.54 Å². The summed E-state index contributed by atoms with van der Waals surface area (Å²) >= 11 is 12.0. The monoisotopic (exact) mass is 319 g/mol. The lowest BCUT2D eigenvalue weighted by molar-refractivity contribution is 0.0730. The van der Waals surface area contributed by atoms with E-state index in [9.17, 15) is 4.79 Å². The summed E-state index contributed by atoms with van der Waals surface area (Å²) in [5.41, 5.74) is 1.73. The van der Waals surface area contributed by atoms with Gasteiger partial charge < -0.3 is 4.90 Å². The van der Waals surface area contributed by atoms with Gasteiger partial charge in [0.2, 0.25) is 0 Å². The van der Waals surface area contributed by atoms with E-state index in [0.29, 0.717) is 22.6 Å². The first-order valence-electron chi connectivity index (χ1n) is 6.95. The van der Waals surface area contributed by atoms with Gasteiger partial charge in [0.1, 0.15) is 0 Å². The van der Waals surface area contributed by atoms with Crippen LogP contribution in [0, 0.1) is 0 Å². The highest BCUT2D eigenvalue weighted by atomic mass is 35.5. The first-order valence-corrected chi connectivity index (χ1v) is 7.70. The molecule has 108 valence electrons. The van der Waals surface area contributed by atoms with E-state index >= 15 is 0 Å². The molecule has 1 aliphatic carbocycles. The molecule has 0 aliphatic heterocycles. The van der Waals surface area contributed by atoms with Crippen molar-refractivity contribution in [3.8, 4) is 0 Å². The van der Waals surface area contributed by atoms with Gasteiger partial charge in [-0.2, -0.15) is 0 Å². The summed E-state index contributed by atoms with van der Waals surface area (Å²) in [5.74, 6) is 0.0733. The Labute approximate surface area is 134 Å². The number of rotatable bonds is 4. The van der Waals surface area contributed by atoms with Gasteiger partial charge in [-0.15, -0.1) is 0 Å². The standard InChI is InChI=1S/C17H15Cl2NO/c18-15-9-6-12(10-16(15)19)11-20(14-7-8-14)17(21)13-4-2-1-3-5-13/h1-6,9-10,14H,7-8,11H2. The third kappa shape index (κ3) is 3.39. The fraction of sp³-hybridized carbons (Fsp3) is 0.235. The predicted octanol–water partition coefficient (Wildman–Crippen LogP) is 4.80. The largest absolute Gasteiger partial charge is 0.331 e. The SMILES string of the molecule is O=C(c1ccccc1)N(Cc1ccc(Cl)c(Cl)c1)C1CC1. The Hall–Kier alpha value is -1.51. The lowest BCUT2D eigenvalue weighted by Gasteiger charge is -2.23. The highest BCUT2D eigenvalue weighted by Gasteiger charge is 2.33. The smallest absolute Gasteiger partial charge is 0.254 e. The van der Waals surface area contributed by atoms with Crippen molar-refractivity contribution in [3.63, 3.8) is 0 Å². The summed E-state index contributed by atoms with van der Waals surface area (Å²) in [5, 5.41) is 1.06. The average molecular weight is 320 g/mol. The highest BCUT2D eigenvalue weighted by molar-refractivity contribution is 6.42. The topological polar surface area (TPSA) is 20.3 Å². The number of amides is 1. The van der Waals surface area contributed by atoms with Gasteiger partial charge in [-0.05, 0) is 42.7 Å². The van der Waals surface area contributed by atoms with E-state index in [1.807, 2.05) is 47.4 Å². The third-order valence-electron chi connectivity index (χ3n) is 3.61. The van der Waals surface area contributed by atoms with Crippen molar-refractivity contribution < 1.29 is 4.79 Å². The van der Waals surface area contributed by atoms with Crippen molar-refractivity contribution in [1.82, 2.24) is 4.90 Å². The van der Waals surface area contributed by atoms with E-state index < -0.39 is 0 Å². The minimum Gasteiger partial charge on any atom is -0.331 e. The molecule has 3 rings (SSSR count). The van der Waals surface area contributed by atoms with Crippen LogP contribution in [-0.4, -0.2) is 16.8 Å². The Morgan fingerprint density at radius 3 is 2.38 bits per heavy atom. The van der Waals surface area contributed by atoms with Gasteiger partial charge in [0.25, 0.3) is 5.91 Å². The Kier molecular flexibility index (Phi) is 4.18. The van der Waals surface area contributed by atoms with Gasteiger partial charge in [0.15, 0.2) is 0 Å². The minimum atomic E-state index is 0.0733. The molecule has 0 spiro atoms. The van der Waals surface area contributed by atoms with Gasteiger partial charge >= 0.3 is 0 Å². The summed E-state index contributed by atoms with van der Waals surface area (Å²) in [4.78, 5) is 14.6. The second-order valence-corrected chi connectivity index (χ2v) is 6.09. The van der Waals surface area contributed by atoms with E-state index in [2.05, 4.69) is 0 Å². The second-order valence-electron chi connectivity index (χ2n) is 5.28. The van der Waals surface area contributed by atoms with Crippen molar-refractivity contribution in [1.29, 1.82) is 0 Å². The molecule has 0 saturated heterocycles. The Balaban J connectivity index is 1.82. The predicted molar refractivity (Wildman–Crippen MR) is 85.8 cm³/mol. The highest BCUT2D eigenvalue weighted by Crippen LogP contribution is 2.31. The van der Waals surface area contributed by atoms with E-state index in [0.717, 1.165) is 24.0 Å². The fourth-order valence-electron chi connectivity index (χ4n) is 2.33. The molecule has 0 radical (unpaired) electrons. The summed E-state index contributed by atoms with van der Waals surface area (Å²) in [6.45, 7) is 0.565. The lowest BCUT2D eigenvalue weighted by Crippen LogP contribution is -2.32. The Bertz CT molecular complexity index is 653. The molecule has 0 aromatic heterocycles. The van der Waals surface area contributed by atoms with Gasteiger partial charge in [0, 0.05) is 18.2 Å². The molecule has 1 saturated carbocycles. The van der Waals surface area contributed by atoms with Crippen LogP contribution < -0.4 is 0 Å². The molecule has 2 aromatic carbocycles. The lowest BCUT2D eigenvalue weighted by atomic mass is 10.1. The summed E-state index contributed by atoms with van der Waals surface area (Å²) in [6, 6.07) is 15.3. The summed E-state index contributed by atoms with van der Waals surface area (Å²) < 4.78 is 0. The minimum absolute atomic E-state index is 0.0733. The Morgan fingerprint density at radius 1 is 1.05 bits per heavy atom. The van der Waals surface area contributed by atoms with Crippen LogP contribution in [0.4, 0.5) is 0 Å². The maximum atomic E-state index is 12.6. The molecule has 1 fully saturated rings. The van der Waals surface area contributed by atoms with Crippen LogP contribution in [0.5, 0.6) is 0 Å². The molecule has 1 aliphatic rings. The fourth-order valence-corrected chi connectivity index (χ4v) is 2.65. The summed E-state index contributed by atoms with van der Waals surface area (Å²) in [7, 11) is 0. The number of carbonyl (C=O) groups excluding carboxylic acids is 1. The Morgan fingerprint density at radius 2 is 1.76 bits per heavy atom. The number of benzene rings is 2. The molecular weight excluding hydrogens is 305 g/mol. The van der Waals surface area contributed by atoms with Crippen molar-refractivity contribution in [2.75, 3.05) is 0 Å². The van der Waals surface area contributed by atoms with E-state index in [-0.39, 0.29) is 5.91 Å². The van der Waals surface area contributed by atoms with Gasteiger partial charge in [0.05, 0.1) is 10.0 Å². The van der Waals surface area contributed by atoms with Crippen LogP contribution in [0.25, 0.3) is 0 Å². The maximum absolute atomic E-state index is 12.6. The van der Waals surface area contributed by atoms with Crippen LogP contribution in [0.3, 0.4) is 0 Å². The molecule has 2 nitrogen and oxygen atoms in total. The third-order valence-corrected chi connectivity index (χ3v) is 4.35. The molecule has 1 amide bonds. The van der Waals surface area contributed by atoms with Crippen LogP contribution in [0.2, 0.25) is 10.0 Å². The van der Waals surface area contributed by atoms with E-state index in [4.69, 9.17) is 23.2 Å². The number of hydrogen-bond acceptors (Lipinski definition) is 1. The van der Waals surface area contributed by atoms with Crippen LogP contribution in [0.15, 0.2) is 48.5 Å². The zero-order valence-electron chi connectivity index (χ0n) is 11.4. The first kappa shape index (κ1) is 14.4. The molecule has 0 bridgehead atoms. The second kappa shape index (κ2) is 6.08. The number of halogens is 2. The van der Waals surface area contributed by atoms with Gasteiger partial charge in [-0.25, -0.2) is 0 Å². The quantitative estimate of drug-likeness (QED) is 0.792. The van der Waals surface area contributed by atoms with Crippen molar-refractivity contribution >= 4 is 29.1 Å². The number of nitrogens with zero attached hydrogens (tertiary/aromatic N) is 1. The molecule has 21 heavy (non-hydrogen) atoms. The van der Waals surface area contributed by atoms with Gasteiger partial charge in [-0.3, -0.25) is 4.79 Å². The first-order chi connectivity index (χ1) is 10.1. The van der Waals surface area contributed by atoms with Crippen LogP contribution >= 0.6 is 23.2 Å². The molecule has 4 heteroatoms. The molecule has 0 atom stereocenters. The van der Waals surface area contributed by atoms with Crippen molar-refractivity contribution in [2.45, 2.75) is 25.4 Å². The van der Waals surface area contributed by atoms with E-state index in [1.165, 1.54) is 0 Å².